The van der Waals surface area contributed by atoms with E-state index in [9.17, 15) is 14.4 Å². The van der Waals surface area contributed by atoms with E-state index >= 15 is 0 Å². The smallest absolute Gasteiger partial charge is 0.354 e. The third-order valence-electron chi connectivity index (χ3n) is 6.08. The summed E-state index contributed by atoms with van der Waals surface area (Å²) in [4.78, 5) is 45.2. The Bertz CT molecular complexity index is 1220. The molecular weight excluding hydrogens is 434 g/mol. The van der Waals surface area contributed by atoms with Crippen molar-refractivity contribution in [2.24, 2.45) is 7.05 Å². The summed E-state index contributed by atoms with van der Waals surface area (Å²) in [7, 11) is 4.55. The van der Waals surface area contributed by atoms with Crippen molar-refractivity contribution in [2.75, 3.05) is 14.2 Å². The number of methoxy groups -OCH3 is 2. The quantitative estimate of drug-likeness (QED) is 0.373. The fraction of sp³-hybridized carbons (Fsp3) is 0.308. The number of carbonyl (C=O) groups excluding carboxylic acids is 3. The molecule has 0 saturated heterocycles. The zero-order valence-corrected chi connectivity index (χ0v) is 20.3. The lowest BCUT2D eigenvalue weighted by atomic mass is 9.98. The summed E-state index contributed by atoms with van der Waals surface area (Å²) in [6.07, 6.45) is 3.29. The lowest BCUT2D eigenvalue weighted by Crippen LogP contribution is -2.43. The Morgan fingerprint density at radius 1 is 1.09 bits per heavy atom. The standard InChI is InChI=1S/C26H29N3O5/c1-16-22(17(2)28(4)23(16)26(32)34-6)24(30)18(3)29(15-19-10-12-27-13-11-19)25(31)20-8-7-9-21(14-20)33-5/h7-14,18H,15H2,1-6H3. The van der Waals surface area contributed by atoms with E-state index in [1.165, 1.54) is 19.1 Å². The maximum absolute atomic E-state index is 13.8. The van der Waals surface area contributed by atoms with Crippen molar-refractivity contribution >= 4 is 17.7 Å². The molecule has 3 aromatic rings. The first kappa shape index (κ1) is 24.7. The van der Waals surface area contributed by atoms with Gasteiger partial charge in [-0.2, -0.15) is 0 Å². The van der Waals surface area contributed by atoms with Gasteiger partial charge in [0.2, 0.25) is 0 Å². The number of amides is 1. The average molecular weight is 464 g/mol. The molecule has 1 aromatic carbocycles. The van der Waals surface area contributed by atoms with E-state index in [2.05, 4.69) is 4.98 Å². The van der Waals surface area contributed by atoms with Gasteiger partial charge in [0, 0.05) is 42.8 Å². The van der Waals surface area contributed by atoms with Crippen LogP contribution in [0.15, 0.2) is 48.8 Å². The van der Waals surface area contributed by atoms with Crippen LogP contribution in [0.25, 0.3) is 0 Å². The highest BCUT2D eigenvalue weighted by Gasteiger charge is 2.33. The van der Waals surface area contributed by atoms with Crippen molar-refractivity contribution in [1.29, 1.82) is 0 Å². The lowest BCUT2D eigenvalue weighted by molar-refractivity contribution is 0.0587. The monoisotopic (exact) mass is 463 g/mol. The Balaban J connectivity index is 2.05. The second-order valence-electron chi connectivity index (χ2n) is 8.05. The van der Waals surface area contributed by atoms with Crippen molar-refractivity contribution in [3.05, 3.63) is 82.4 Å². The van der Waals surface area contributed by atoms with Crippen LogP contribution in [0.2, 0.25) is 0 Å². The van der Waals surface area contributed by atoms with Crippen LogP contribution in [0, 0.1) is 13.8 Å². The molecule has 1 amide bonds. The van der Waals surface area contributed by atoms with Crippen molar-refractivity contribution in [3.63, 3.8) is 0 Å². The van der Waals surface area contributed by atoms with Crippen LogP contribution in [-0.2, 0) is 18.3 Å². The predicted molar refractivity (Wildman–Crippen MR) is 127 cm³/mol. The van der Waals surface area contributed by atoms with E-state index in [0.717, 1.165) is 5.56 Å². The van der Waals surface area contributed by atoms with E-state index in [1.54, 1.807) is 81.2 Å². The molecule has 0 bridgehead atoms. The maximum atomic E-state index is 13.8. The lowest BCUT2D eigenvalue weighted by Gasteiger charge is -2.29. The van der Waals surface area contributed by atoms with Crippen molar-refractivity contribution in [2.45, 2.75) is 33.4 Å². The summed E-state index contributed by atoms with van der Waals surface area (Å²) >= 11 is 0. The molecule has 2 heterocycles. The highest BCUT2D eigenvalue weighted by molar-refractivity contribution is 6.07. The minimum Gasteiger partial charge on any atom is -0.497 e. The van der Waals surface area contributed by atoms with Gasteiger partial charge < -0.3 is 18.9 Å². The first-order valence-electron chi connectivity index (χ1n) is 10.8. The third-order valence-corrected chi connectivity index (χ3v) is 6.08. The Hall–Kier alpha value is -3.94. The normalized spacial score (nSPS) is 11.6. The number of carbonyl (C=O) groups is 3. The molecule has 1 atom stereocenters. The summed E-state index contributed by atoms with van der Waals surface area (Å²) in [6, 6.07) is 9.62. The summed E-state index contributed by atoms with van der Waals surface area (Å²) < 4.78 is 11.8. The highest BCUT2D eigenvalue weighted by Crippen LogP contribution is 2.26. The number of ether oxygens (including phenoxy) is 2. The highest BCUT2D eigenvalue weighted by atomic mass is 16.5. The van der Waals surface area contributed by atoms with Crippen molar-refractivity contribution in [1.82, 2.24) is 14.5 Å². The zero-order chi connectivity index (χ0) is 25.0. The molecule has 8 nitrogen and oxygen atoms in total. The average Bonchev–Trinajstić information content (AvgIpc) is 3.09. The Morgan fingerprint density at radius 2 is 1.76 bits per heavy atom. The second kappa shape index (κ2) is 10.3. The summed E-state index contributed by atoms with van der Waals surface area (Å²) in [5.74, 6) is -0.538. The molecule has 34 heavy (non-hydrogen) atoms. The van der Waals surface area contributed by atoms with Crippen molar-refractivity contribution < 1.29 is 23.9 Å². The van der Waals surface area contributed by atoms with Gasteiger partial charge in [-0.15, -0.1) is 0 Å². The minimum absolute atomic E-state index is 0.209. The molecule has 1 unspecified atom stereocenters. The number of hydrogen-bond acceptors (Lipinski definition) is 6. The number of pyridine rings is 1. The Kier molecular flexibility index (Phi) is 7.50. The number of aromatic nitrogens is 2. The van der Waals surface area contributed by atoms with Gasteiger partial charge >= 0.3 is 5.97 Å². The van der Waals surface area contributed by atoms with Crippen LogP contribution in [0.3, 0.4) is 0 Å². The second-order valence-corrected chi connectivity index (χ2v) is 8.05. The molecular formula is C26H29N3O5. The van der Waals surface area contributed by atoms with Gasteiger partial charge in [0.15, 0.2) is 5.78 Å². The summed E-state index contributed by atoms with van der Waals surface area (Å²) in [5, 5.41) is 0. The van der Waals surface area contributed by atoms with Crippen molar-refractivity contribution in [3.8, 4) is 5.75 Å². The van der Waals surface area contributed by atoms with Gasteiger partial charge in [-0.3, -0.25) is 14.6 Å². The number of nitrogens with zero attached hydrogens (tertiary/aromatic N) is 3. The molecule has 0 N–H and O–H groups in total. The Morgan fingerprint density at radius 3 is 2.38 bits per heavy atom. The maximum Gasteiger partial charge on any atom is 0.354 e. The Labute approximate surface area is 199 Å². The van der Waals surface area contributed by atoms with Crippen LogP contribution in [0.5, 0.6) is 5.75 Å². The molecule has 8 heteroatoms. The van der Waals surface area contributed by atoms with Crippen LogP contribution in [0.1, 0.15) is 54.9 Å². The minimum atomic E-state index is -0.808. The van der Waals surface area contributed by atoms with E-state index in [4.69, 9.17) is 9.47 Å². The van der Waals surface area contributed by atoms with E-state index in [-0.39, 0.29) is 18.2 Å². The molecule has 0 fully saturated rings. The van der Waals surface area contributed by atoms with E-state index in [0.29, 0.717) is 33.8 Å². The molecule has 0 spiro atoms. The number of benzene rings is 1. The van der Waals surface area contributed by atoms with E-state index < -0.39 is 12.0 Å². The molecule has 2 aromatic heterocycles. The van der Waals surface area contributed by atoms with Gasteiger partial charge in [0.05, 0.1) is 20.3 Å². The summed E-state index contributed by atoms with van der Waals surface area (Å²) in [5.41, 5.74) is 3.13. The third kappa shape index (κ3) is 4.71. The summed E-state index contributed by atoms with van der Waals surface area (Å²) in [6.45, 7) is 5.40. The molecule has 0 radical (unpaired) electrons. The van der Waals surface area contributed by atoms with Gasteiger partial charge in [0.1, 0.15) is 11.4 Å². The van der Waals surface area contributed by atoms with Crippen LogP contribution in [-0.4, -0.2) is 52.4 Å². The number of esters is 1. The molecule has 0 aliphatic heterocycles. The van der Waals surface area contributed by atoms with Gasteiger partial charge in [-0.25, -0.2) is 4.79 Å². The van der Waals surface area contributed by atoms with Gasteiger partial charge in [-0.05, 0) is 62.2 Å². The zero-order valence-electron chi connectivity index (χ0n) is 20.3. The van der Waals surface area contributed by atoms with Crippen LogP contribution < -0.4 is 4.74 Å². The molecule has 0 saturated carbocycles. The topological polar surface area (TPSA) is 90.7 Å². The number of ketones is 1. The fourth-order valence-electron chi connectivity index (χ4n) is 4.07. The molecule has 0 aliphatic carbocycles. The molecule has 178 valence electrons. The number of rotatable bonds is 8. The van der Waals surface area contributed by atoms with Gasteiger partial charge in [0.25, 0.3) is 5.91 Å². The van der Waals surface area contributed by atoms with E-state index in [1.807, 2.05) is 0 Å². The predicted octanol–water partition coefficient (Wildman–Crippen LogP) is 3.75. The molecule has 0 aliphatic rings. The molecule has 3 rings (SSSR count). The SMILES string of the molecule is COC(=O)c1c(C)c(C(=O)C(C)N(Cc2ccncc2)C(=O)c2cccc(OC)c2)c(C)n1C. The number of hydrogen-bond donors (Lipinski definition) is 0. The first-order chi connectivity index (χ1) is 16.2. The van der Waals surface area contributed by atoms with Crippen LogP contribution >= 0.6 is 0 Å². The number of Topliss-reactive ketones (excluding diaryl/α,β-unsaturated/α-hetero) is 1. The first-order valence-corrected chi connectivity index (χ1v) is 10.8. The van der Waals surface area contributed by atoms with Crippen LogP contribution in [0.4, 0.5) is 0 Å². The largest absolute Gasteiger partial charge is 0.497 e. The fourth-order valence-corrected chi connectivity index (χ4v) is 4.07. The van der Waals surface area contributed by atoms with Gasteiger partial charge in [-0.1, -0.05) is 6.07 Å².